The van der Waals surface area contributed by atoms with Gasteiger partial charge in [-0.1, -0.05) is 6.92 Å². The lowest BCUT2D eigenvalue weighted by Crippen LogP contribution is -2.46. The molecule has 0 spiro atoms. The quantitative estimate of drug-likeness (QED) is 0.925. The first kappa shape index (κ1) is 12.1. The molecule has 2 heterocycles. The second-order valence-corrected chi connectivity index (χ2v) is 5.50. The molecule has 2 atom stereocenters. The van der Waals surface area contributed by atoms with Crippen molar-refractivity contribution in [3.8, 4) is 0 Å². The molecule has 1 fully saturated rings. The van der Waals surface area contributed by atoms with Crippen molar-refractivity contribution in [2.45, 2.75) is 25.9 Å². The molecule has 16 heavy (non-hydrogen) atoms. The molecule has 1 saturated heterocycles. The number of nitrogens with zero attached hydrogens (tertiary/aromatic N) is 1. The van der Waals surface area contributed by atoms with Crippen LogP contribution in [0.15, 0.2) is 21.2 Å². The minimum atomic E-state index is 0.611. The van der Waals surface area contributed by atoms with Crippen LogP contribution in [0.2, 0.25) is 0 Å². The number of halogens is 1. The Hall–Kier alpha value is -0.320. The largest absolute Gasteiger partial charge is 0.453 e. The fraction of sp³-hybridized carbons (Fsp3) is 0.667. The van der Waals surface area contributed by atoms with Crippen LogP contribution >= 0.6 is 15.9 Å². The lowest BCUT2D eigenvalue weighted by molar-refractivity contribution is 0.172. The maximum absolute atomic E-state index is 5.47. The number of rotatable bonds is 3. The molecule has 2 rings (SSSR count). The van der Waals surface area contributed by atoms with E-state index in [1.807, 2.05) is 12.1 Å². The molecule has 0 radical (unpaired) electrons. The number of hydrogen-bond donors (Lipinski definition) is 1. The zero-order valence-electron chi connectivity index (χ0n) is 9.87. The normalized spacial score (nSPS) is 27.2. The Bertz CT molecular complexity index is 340. The highest BCUT2D eigenvalue weighted by molar-refractivity contribution is 9.10. The highest BCUT2D eigenvalue weighted by Crippen LogP contribution is 2.17. The van der Waals surface area contributed by atoms with E-state index < -0.39 is 0 Å². The molecular formula is C12H19BrN2O. The number of hydrogen-bond acceptors (Lipinski definition) is 3. The Labute approximate surface area is 105 Å². The van der Waals surface area contributed by atoms with Gasteiger partial charge in [0.1, 0.15) is 5.76 Å². The minimum Gasteiger partial charge on any atom is -0.453 e. The van der Waals surface area contributed by atoms with Crippen molar-refractivity contribution >= 4 is 15.9 Å². The molecule has 0 bridgehead atoms. The van der Waals surface area contributed by atoms with E-state index in [1.54, 1.807) is 0 Å². The second kappa shape index (κ2) is 5.34. The molecule has 4 heteroatoms. The van der Waals surface area contributed by atoms with Gasteiger partial charge >= 0.3 is 0 Å². The van der Waals surface area contributed by atoms with Gasteiger partial charge < -0.3 is 14.6 Å². The van der Waals surface area contributed by atoms with Gasteiger partial charge in [0.15, 0.2) is 4.67 Å². The van der Waals surface area contributed by atoms with Crippen LogP contribution in [0, 0.1) is 5.92 Å². The minimum absolute atomic E-state index is 0.611. The van der Waals surface area contributed by atoms with Gasteiger partial charge in [0.25, 0.3) is 0 Å². The SMILES string of the molecule is CC1CN(C)CCC1NCc1ccc(Br)o1. The molecule has 0 aromatic carbocycles. The van der Waals surface area contributed by atoms with Gasteiger partial charge in [-0.15, -0.1) is 0 Å². The van der Waals surface area contributed by atoms with Gasteiger partial charge in [-0.25, -0.2) is 0 Å². The summed E-state index contributed by atoms with van der Waals surface area (Å²) in [6.45, 7) is 5.50. The van der Waals surface area contributed by atoms with Gasteiger partial charge in [-0.2, -0.15) is 0 Å². The number of furan rings is 1. The van der Waals surface area contributed by atoms with Gasteiger partial charge in [-0.3, -0.25) is 0 Å². The fourth-order valence-corrected chi connectivity index (χ4v) is 2.68. The van der Waals surface area contributed by atoms with Crippen LogP contribution in [-0.2, 0) is 6.54 Å². The standard InChI is InChI=1S/C12H19BrN2O/c1-9-8-15(2)6-5-11(9)14-7-10-3-4-12(13)16-10/h3-4,9,11,14H,5-8H2,1-2H3. The molecule has 0 saturated carbocycles. The van der Waals surface area contributed by atoms with E-state index in [0.717, 1.165) is 17.0 Å². The number of nitrogens with one attached hydrogen (secondary N) is 1. The summed E-state index contributed by atoms with van der Waals surface area (Å²) in [4.78, 5) is 2.40. The predicted molar refractivity (Wildman–Crippen MR) is 68.3 cm³/mol. The maximum Gasteiger partial charge on any atom is 0.169 e. The summed E-state index contributed by atoms with van der Waals surface area (Å²) in [5.74, 6) is 1.70. The third-order valence-corrected chi connectivity index (χ3v) is 3.70. The summed E-state index contributed by atoms with van der Waals surface area (Å²) in [5.41, 5.74) is 0. The highest BCUT2D eigenvalue weighted by Gasteiger charge is 2.23. The van der Waals surface area contributed by atoms with E-state index >= 15 is 0 Å². The molecule has 0 aliphatic carbocycles. The smallest absolute Gasteiger partial charge is 0.169 e. The Morgan fingerprint density at radius 1 is 1.56 bits per heavy atom. The van der Waals surface area contributed by atoms with Gasteiger partial charge in [0, 0.05) is 12.6 Å². The molecule has 2 unspecified atom stereocenters. The Kier molecular flexibility index (Phi) is 4.05. The van der Waals surface area contributed by atoms with Crippen LogP contribution in [0.1, 0.15) is 19.1 Å². The van der Waals surface area contributed by atoms with Crippen LogP contribution in [-0.4, -0.2) is 31.1 Å². The summed E-state index contributed by atoms with van der Waals surface area (Å²) >= 11 is 3.32. The van der Waals surface area contributed by atoms with Crippen LogP contribution < -0.4 is 5.32 Å². The molecule has 1 aromatic heterocycles. The Morgan fingerprint density at radius 2 is 2.38 bits per heavy atom. The second-order valence-electron chi connectivity index (χ2n) is 4.72. The summed E-state index contributed by atoms with van der Waals surface area (Å²) in [7, 11) is 2.19. The van der Waals surface area contributed by atoms with Crippen molar-refractivity contribution in [3.05, 3.63) is 22.6 Å². The summed E-state index contributed by atoms with van der Waals surface area (Å²) in [5, 5.41) is 3.58. The monoisotopic (exact) mass is 286 g/mol. The molecule has 1 aliphatic rings. The van der Waals surface area contributed by atoms with Crippen molar-refractivity contribution in [1.82, 2.24) is 10.2 Å². The number of likely N-dealkylation sites (tertiary alicyclic amines) is 1. The van der Waals surface area contributed by atoms with Crippen molar-refractivity contribution in [1.29, 1.82) is 0 Å². The van der Waals surface area contributed by atoms with Crippen molar-refractivity contribution in [3.63, 3.8) is 0 Å². The van der Waals surface area contributed by atoms with Crippen molar-refractivity contribution < 1.29 is 4.42 Å². The third-order valence-electron chi connectivity index (χ3n) is 3.28. The summed E-state index contributed by atoms with van der Waals surface area (Å²) in [6, 6.07) is 4.56. The van der Waals surface area contributed by atoms with Crippen molar-refractivity contribution in [2.75, 3.05) is 20.1 Å². The summed E-state index contributed by atoms with van der Waals surface area (Å²) < 4.78 is 6.28. The molecule has 90 valence electrons. The molecule has 1 aliphatic heterocycles. The van der Waals surface area contributed by atoms with Crippen molar-refractivity contribution in [2.24, 2.45) is 5.92 Å². The van der Waals surface area contributed by atoms with E-state index in [-0.39, 0.29) is 0 Å². The first-order valence-electron chi connectivity index (χ1n) is 5.81. The molecule has 0 amide bonds. The lowest BCUT2D eigenvalue weighted by atomic mass is 9.94. The van der Waals surface area contributed by atoms with E-state index in [0.29, 0.717) is 12.0 Å². The summed E-state index contributed by atoms with van der Waals surface area (Å²) in [6.07, 6.45) is 1.22. The first-order chi connectivity index (χ1) is 7.65. The zero-order valence-corrected chi connectivity index (χ0v) is 11.5. The molecule has 3 nitrogen and oxygen atoms in total. The Balaban J connectivity index is 1.81. The topological polar surface area (TPSA) is 28.4 Å². The molecule has 1 N–H and O–H groups in total. The fourth-order valence-electron chi connectivity index (χ4n) is 2.34. The average Bonchev–Trinajstić information content (AvgIpc) is 2.63. The van der Waals surface area contributed by atoms with Gasteiger partial charge in [0.05, 0.1) is 6.54 Å². The average molecular weight is 287 g/mol. The van der Waals surface area contributed by atoms with Crippen LogP contribution in [0.4, 0.5) is 0 Å². The molecular weight excluding hydrogens is 268 g/mol. The third kappa shape index (κ3) is 3.09. The van der Waals surface area contributed by atoms with E-state index in [9.17, 15) is 0 Å². The number of piperidine rings is 1. The van der Waals surface area contributed by atoms with E-state index in [1.165, 1.54) is 19.5 Å². The van der Waals surface area contributed by atoms with Gasteiger partial charge in [-0.05, 0) is 54.0 Å². The Morgan fingerprint density at radius 3 is 3.00 bits per heavy atom. The highest BCUT2D eigenvalue weighted by atomic mass is 79.9. The maximum atomic E-state index is 5.47. The van der Waals surface area contributed by atoms with E-state index in [4.69, 9.17) is 4.42 Å². The zero-order chi connectivity index (χ0) is 11.5. The van der Waals surface area contributed by atoms with Crippen LogP contribution in [0.5, 0.6) is 0 Å². The van der Waals surface area contributed by atoms with E-state index in [2.05, 4.69) is 40.1 Å². The van der Waals surface area contributed by atoms with Gasteiger partial charge in [0.2, 0.25) is 0 Å². The molecule has 1 aromatic rings. The first-order valence-corrected chi connectivity index (χ1v) is 6.60. The van der Waals surface area contributed by atoms with Crippen LogP contribution in [0.3, 0.4) is 0 Å². The van der Waals surface area contributed by atoms with Crippen LogP contribution in [0.25, 0.3) is 0 Å². The predicted octanol–water partition coefficient (Wildman–Crippen LogP) is 2.47. The lowest BCUT2D eigenvalue weighted by Gasteiger charge is -2.35.